The first-order valence-electron chi connectivity index (χ1n) is 3.87. The fraction of sp³-hybridized carbons (Fsp3) is 0.500. The van der Waals surface area contributed by atoms with E-state index in [9.17, 15) is 14.4 Å². The number of hydrogen-bond acceptors (Lipinski definition) is 6. The normalized spacial score (nSPS) is 9.95. The molecule has 0 aliphatic heterocycles. The molecule has 0 bridgehead atoms. The summed E-state index contributed by atoms with van der Waals surface area (Å²) >= 11 is 0. The molecule has 0 saturated heterocycles. The molecule has 0 aliphatic carbocycles. The quantitative estimate of drug-likeness (QED) is 0.210. The summed E-state index contributed by atoms with van der Waals surface area (Å²) in [5, 5.41) is 33.8. The van der Waals surface area contributed by atoms with Crippen LogP contribution in [0.4, 0.5) is 0 Å². The van der Waals surface area contributed by atoms with Crippen molar-refractivity contribution in [2.75, 3.05) is 0 Å². The minimum atomic E-state index is -4.67. The second kappa shape index (κ2) is 12.2. The zero-order valence-corrected chi connectivity index (χ0v) is 9.36. The van der Waals surface area contributed by atoms with Gasteiger partial charge in [0.1, 0.15) is 0 Å². The average molecular weight is 357 g/mol. The molecule has 0 spiro atoms. The van der Waals surface area contributed by atoms with Gasteiger partial charge in [0.2, 0.25) is 0 Å². The van der Waals surface area contributed by atoms with Crippen molar-refractivity contribution in [3.05, 3.63) is 0 Å². The SMILES string of the molecule is O=C(O)CC(O)(CC(=O)O)C(=O)O.O=S(=O)(O)O.[KH].[MgH2]. The predicted molar refractivity (Wildman–Crippen MR) is 67.0 cm³/mol. The van der Waals surface area contributed by atoms with Crippen LogP contribution < -0.4 is 0 Å². The summed E-state index contributed by atoms with van der Waals surface area (Å²) in [4.78, 5) is 30.5. The molecular formula is C6H13KMgO11S. The molecule has 0 unspecified atom stereocenters. The smallest absolute Gasteiger partial charge is 0.316 e. The zero-order valence-electron chi connectivity index (χ0n) is 8.55. The molecule has 0 saturated carbocycles. The molecule has 0 fully saturated rings. The van der Waals surface area contributed by atoms with Crippen LogP contribution in [0.1, 0.15) is 12.8 Å². The van der Waals surface area contributed by atoms with Crippen molar-refractivity contribution in [2.24, 2.45) is 0 Å². The van der Waals surface area contributed by atoms with Crippen LogP contribution in [-0.4, -0.2) is 136 Å². The Bertz CT molecular complexity index is 408. The van der Waals surface area contributed by atoms with E-state index in [0.29, 0.717) is 0 Å². The van der Waals surface area contributed by atoms with Gasteiger partial charge in [-0.05, 0) is 0 Å². The topological polar surface area (TPSA) is 207 Å². The third-order valence-electron chi connectivity index (χ3n) is 1.29. The van der Waals surface area contributed by atoms with E-state index in [2.05, 4.69) is 0 Å². The van der Waals surface area contributed by atoms with Crippen LogP contribution in [0.2, 0.25) is 0 Å². The molecule has 0 aliphatic rings. The van der Waals surface area contributed by atoms with E-state index < -0.39 is 46.7 Å². The summed E-state index contributed by atoms with van der Waals surface area (Å²) in [6, 6.07) is 0. The first-order valence-corrected chi connectivity index (χ1v) is 5.27. The van der Waals surface area contributed by atoms with Gasteiger partial charge in [0, 0.05) is 0 Å². The van der Waals surface area contributed by atoms with Crippen LogP contribution in [-0.2, 0) is 24.8 Å². The van der Waals surface area contributed by atoms with Crippen molar-refractivity contribution < 1.29 is 52.3 Å². The van der Waals surface area contributed by atoms with Gasteiger partial charge in [0.15, 0.2) is 5.60 Å². The number of carboxylic acids is 3. The fourth-order valence-corrected chi connectivity index (χ4v) is 0.714. The van der Waals surface area contributed by atoms with E-state index in [1.165, 1.54) is 0 Å². The van der Waals surface area contributed by atoms with E-state index in [1.54, 1.807) is 0 Å². The van der Waals surface area contributed by atoms with E-state index in [-0.39, 0.29) is 74.4 Å². The van der Waals surface area contributed by atoms with Crippen molar-refractivity contribution in [2.45, 2.75) is 18.4 Å². The van der Waals surface area contributed by atoms with Gasteiger partial charge in [0.25, 0.3) is 0 Å². The zero-order chi connectivity index (χ0) is 15.1. The Kier molecular flexibility index (Phi) is 17.6. The Morgan fingerprint density at radius 2 is 1.10 bits per heavy atom. The molecule has 20 heavy (non-hydrogen) atoms. The first kappa shape index (κ1) is 28.8. The summed E-state index contributed by atoms with van der Waals surface area (Å²) in [5.41, 5.74) is -2.74. The number of rotatable bonds is 5. The molecule has 6 N–H and O–H groups in total. The van der Waals surface area contributed by atoms with E-state index >= 15 is 0 Å². The van der Waals surface area contributed by atoms with Crippen LogP contribution in [0.25, 0.3) is 0 Å². The molecule has 0 aromatic carbocycles. The molecule has 112 valence electrons. The Balaban J connectivity index is -0.000000158. The van der Waals surface area contributed by atoms with Gasteiger partial charge in [-0.1, -0.05) is 0 Å². The Morgan fingerprint density at radius 3 is 1.20 bits per heavy atom. The largest absolute Gasteiger partial charge is 0.316 e. The van der Waals surface area contributed by atoms with Crippen molar-refractivity contribution in [3.63, 3.8) is 0 Å². The second-order valence-corrected chi connectivity index (χ2v) is 3.82. The summed E-state index contributed by atoms with van der Waals surface area (Å²) in [5.74, 6) is -5.02. The Labute approximate surface area is 171 Å². The number of carboxylic acid groups (broad SMARTS) is 3. The molecule has 0 atom stereocenters. The van der Waals surface area contributed by atoms with Crippen molar-refractivity contribution >= 4 is 103 Å². The van der Waals surface area contributed by atoms with E-state index in [1.807, 2.05) is 0 Å². The molecule has 0 amide bonds. The first-order chi connectivity index (χ1) is 7.78. The Hall–Kier alpha value is 0.643. The summed E-state index contributed by atoms with van der Waals surface area (Å²) in [7, 11) is -4.67. The van der Waals surface area contributed by atoms with Gasteiger partial charge in [-0.3, -0.25) is 18.7 Å². The molecule has 0 heterocycles. The van der Waals surface area contributed by atoms with E-state index in [4.69, 9.17) is 37.9 Å². The molecule has 0 aromatic rings. The van der Waals surface area contributed by atoms with Gasteiger partial charge in [-0.15, -0.1) is 0 Å². The number of aliphatic hydroxyl groups is 1. The van der Waals surface area contributed by atoms with Crippen molar-refractivity contribution in [3.8, 4) is 0 Å². The third kappa shape index (κ3) is 21.0. The minimum Gasteiger partial charge on any atom is 0.316 e. The molecule has 14 heteroatoms. The van der Waals surface area contributed by atoms with E-state index in [0.717, 1.165) is 0 Å². The number of aliphatic carboxylic acids is 3. The van der Waals surface area contributed by atoms with Crippen molar-refractivity contribution in [1.82, 2.24) is 0 Å². The number of hydrogen-bond donors (Lipinski definition) is 6. The third-order valence-corrected chi connectivity index (χ3v) is 1.29. The van der Waals surface area contributed by atoms with Gasteiger partial charge in [0.05, 0.1) is 12.8 Å². The van der Waals surface area contributed by atoms with Crippen LogP contribution >= 0.6 is 0 Å². The van der Waals surface area contributed by atoms with Gasteiger partial charge < -0.3 is 20.4 Å². The maximum atomic E-state index is 10.3. The van der Waals surface area contributed by atoms with Crippen LogP contribution in [0, 0.1) is 0 Å². The predicted octanol–water partition coefficient (Wildman–Crippen LogP) is -3.47. The monoisotopic (exact) mass is 356 g/mol. The second-order valence-electron chi connectivity index (χ2n) is 2.93. The molecule has 0 aromatic heterocycles. The minimum absolute atomic E-state index is 0. The van der Waals surface area contributed by atoms with Gasteiger partial charge >= 0.3 is 103 Å². The standard InChI is InChI=1S/C6H8O7.K.Mg.H2O4S.3H/c7-3(8)1-6(13,5(11)12)2-4(9)10;;;1-5(2,3)4;;;/h13H,1-2H2,(H,7,8)(H,9,10)(H,11,12);;;(H2,1,2,3,4);;;. The summed E-state index contributed by atoms with van der Waals surface area (Å²) in [6.07, 6.45) is -2.29. The van der Waals surface area contributed by atoms with Crippen LogP contribution in [0.15, 0.2) is 0 Å². The number of carbonyl (C=O) groups is 3. The maximum Gasteiger partial charge on any atom is 0.316 e. The van der Waals surface area contributed by atoms with Gasteiger partial charge in [-0.25, -0.2) is 4.79 Å². The van der Waals surface area contributed by atoms with Crippen molar-refractivity contribution in [1.29, 1.82) is 0 Å². The molecule has 0 radical (unpaired) electrons. The fourth-order valence-electron chi connectivity index (χ4n) is 0.714. The maximum absolute atomic E-state index is 10.3. The summed E-state index contributed by atoms with van der Waals surface area (Å²) in [6.45, 7) is 0. The van der Waals surface area contributed by atoms with Gasteiger partial charge in [-0.2, -0.15) is 8.42 Å². The summed E-state index contributed by atoms with van der Waals surface area (Å²) < 4.78 is 31.6. The van der Waals surface area contributed by atoms with Crippen LogP contribution in [0.5, 0.6) is 0 Å². The molecule has 0 rings (SSSR count). The molecular weight excluding hydrogens is 344 g/mol. The van der Waals surface area contributed by atoms with Crippen LogP contribution in [0.3, 0.4) is 0 Å². The molecule has 11 nitrogen and oxygen atoms in total. The average Bonchev–Trinajstić information content (AvgIpc) is 1.95. The Morgan fingerprint density at radius 1 is 0.900 bits per heavy atom.